The molecule has 2 aromatic carbocycles. The number of benzene rings is 2. The third kappa shape index (κ3) is 3.75. The summed E-state index contributed by atoms with van der Waals surface area (Å²) in [6.07, 6.45) is 5.28. The van der Waals surface area contributed by atoms with Crippen LogP contribution in [-0.2, 0) is 0 Å². The molecular formula is C21H29NP2. The van der Waals surface area contributed by atoms with Crippen LogP contribution in [-0.4, -0.2) is 23.8 Å². The van der Waals surface area contributed by atoms with Gasteiger partial charge in [0.15, 0.2) is 0 Å². The number of rotatable bonds is 6. The summed E-state index contributed by atoms with van der Waals surface area (Å²) >= 11 is 0. The molecule has 128 valence electrons. The van der Waals surface area contributed by atoms with E-state index in [-0.39, 0.29) is 16.1 Å². The quantitative estimate of drug-likeness (QED) is 0.502. The zero-order valence-electron chi connectivity index (χ0n) is 15.1. The molecule has 2 atom stereocenters. The summed E-state index contributed by atoms with van der Waals surface area (Å²) in [6, 6.07) is 22.5. The van der Waals surface area contributed by atoms with Crippen LogP contribution in [0.2, 0.25) is 0 Å². The molecule has 3 heteroatoms. The van der Waals surface area contributed by atoms with Gasteiger partial charge < -0.3 is 0 Å². The van der Waals surface area contributed by atoms with E-state index in [0.29, 0.717) is 0 Å². The van der Waals surface area contributed by atoms with Gasteiger partial charge in [-0.3, -0.25) is 4.44 Å². The Morgan fingerprint density at radius 3 is 1.62 bits per heavy atom. The van der Waals surface area contributed by atoms with Crippen molar-refractivity contribution in [2.24, 2.45) is 0 Å². The second-order valence-electron chi connectivity index (χ2n) is 6.44. The van der Waals surface area contributed by atoms with Crippen molar-refractivity contribution in [3.63, 3.8) is 0 Å². The molecule has 1 aliphatic rings. The van der Waals surface area contributed by atoms with E-state index >= 15 is 0 Å². The summed E-state index contributed by atoms with van der Waals surface area (Å²) in [6.45, 7) is 4.73. The Bertz CT molecular complexity index is 565. The SMILES string of the molecule is CCP(CC)N(C)P1[C@@H](c2ccccc2)CC[C@@H]1c1ccccc1. The lowest BCUT2D eigenvalue weighted by atomic mass is 10.0. The van der Waals surface area contributed by atoms with Crippen LogP contribution in [0.4, 0.5) is 0 Å². The van der Waals surface area contributed by atoms with Gasteiger partial charge in [0.1, 0.15) is 0 Å². The van der Waals surface area contributed by atoms with Crippen LogP contribution >= 0.6 is 16.1 Å². The van der Waals surface area contributed by atoms with E-state index in [1.165, 1.54) is 25.2 Å². The molecule has 1 saturated heterocycles. The maximum absolute atomic E-state index is 2.83. The zero-order chi connectivity index (χ0) is 16.9. The highest BCUT2D eigenvalue weighted by molar-refractivity contribution is 7.70. The zero-order valence-corrected chi connectivity index (χ0v) is 16.9. The average molecular weight is 357 g/mol. The molecule has 1 fully saturated rings. The van der Waals surface area contributed by atoms with E-state index < -0.39 is 0 Å². The highest BCUT2D eigenvalue weighted by Gasteiger charge is 2.41. The van der Waals surface area contributed by atoms with E-state index in [9.17, 15) is 0 Å². The predicted octanol–water partition coefficient (Wildman–Crippen LogP) is 7.03. The summed E-state index contributed by atoms with van der Waals surface area (Å²) in [5.41, 5.74) is 4.55. The Hall–Kier alpha value is -0.740. The van der Waals surface area contributed by atoms with Crippen LogP contribution in [0.25, 0.3) is 0 Å². The summed E-state index contributed by atoms with van der Waals surface area (Å²) in [4.78, 5) is 0. The smallest absolute Gasteiger partial charge is 0.0183 e. The van der Waals surface area contributed by atoms with Crippen molar-refractivity contribution in [3.05, 3.63) is 71.8 Å². The van der Waals surface area contributed by atoms with Gasteiger partial charge in [0, 0.05) is 11.3 Å². The molecule has 1 heterocycles. The van der Waals surface area contributed by atoms with Crippen LogP contribution in [0.3, 0.4) is 0 Å². The van der Waals surface area contributed by atoms with Crippen LogP contribution in [0.1, 0.15) is 49.1 Å². The summed E-state index contributed by atoms with van der Waals surface area (Å²) in [5, 5.41) is 0. The van der Waals surface area contributed by atoms with Gasteiger partial charge in [-0.2, -0.15) is 0 Å². The van der Waals surface area contributed by atoms with Crippen molar-refractivity contribution in [1.82, 2.24) is 4.44 Å². The van der Waals surface area contributed by atoms with Gasteiger partial charge in [0.25, 0.3) is 0 Å². The minimum absolute atomic E-state index is 0.000303. The largest absolute Gasteiger partial charge is 0.262 e. The minimum Gasteiger partial charge on any atom is -0.262 e. The van der Waals surface area contributed by atoms with Gasteiger partial charge in [-0.25, -0.2) is 0 Å². The monoisotopic (exact) mass is 357 g/mol. The van der Waals surface area contributed by atoms with Gasteiger partial charge in [-0.15, -0.1) is 0 Å². The Balaban J connectivity index is 1.95. The number of hydrogen-bond donors (Lipinski definition) is 0. The van der Waals surface area contributed by atoms with E-state index in [2.05, 4.69) is 86.0 Å². The summed E-state index contributed by atoms with van der Waals surface area (Å²) in [5.74, 6) is 0. The topological polar surface area (TPSA) is 3.24 Å². The molecule has 0 aliphatic carbocycles. The number of nitrogens with zero attached hydrogens (tertiary/aromatic N) is 1. The fourth-order valence-electron chi connectivity index (χ4n) is 3.97. The average Bonchev–Trinajstić information content (AvgIpc) is 3.09. The molecule has 0 radical (unpaired) electrons. The Labute approximate surface area is 150 Å². The molecule has 1 aliphatic heterocycles. The molecule has 3 rings (SSSR count). The molecule has 0 unspecified atom stereocenters. The molecular weight excluding hydrogens is 328 g/mol. The first kappa shape index (κ1) is 18.1. The maximum Gasteiger partial charge on any atom is 0.0183 e. The predicted molar refractivity (Wildman–Crippen MR) is 110 cm³/mol. The number of hydrogen-bond acceptors (Lipinski definition) is 1. The fraction of sp³-hybridized carbons (Fsp3) is 0.429. The third-order valence-electron chi connectivity index (χ3n) is 5.19. The van der Waals surface area contributed by atoms with Gasteiger partial charge in [0.05, 0.1) is 0 Å². The van der Waals surface area contributed by atoms with Crippen LogP contribution in [0.5, 0.6) is 0 Å². The Kier molecular flexibility index (Phi) is 6.45. The highest BCUT2D eigenvalue weighted by atomic mass is 31.2. The summed E-state index contributed by atoms with van der Waals surface area (Å²) in [7, 11) is 2.24. The lowest BCUT2D eigenvalue weighted by Gasteiger charge is -2.39. The maximum atomic E-state index is 2.83. The third-order valence-corrected chi connectivity index (χ3v) is 11.9. The first-order chi connectivity index (χ1) is 11.8. The van der Waals surface area contributed by atoms with Gasteiger partial charge in [0.2, 0.25) is 0 Å². The Morgan fingerprint density at radius 2 is 1.25 bits per heavy atom. The normalized spacial score (nSPS) is 21.7. The first-order valence-electron chi connectivity index (χ1n) is 9.13. The second kappa shape index (κ2) is 8.57. The lowest BCUT2D eigenvalue weighted by molar-refractivity contribution is 0.765. The fourth-order valence-corrected chi connectivity index (χ4v) is 10.9. The molecule has 0 bridgehead atoms. The lowest BCUT2D eigenvalue weighted by Crippen LogP contribution is -2.13. The Morgan fingerprint density at radius 1 is 0.833 bits per heavy atom. The highest BCUT2D eigenvalue weighted by Crippen LogP contribution is 2.75. The van der Waals surface area contributed by atoms with E-state index in [4.69, 9.17) is 0 Å². The van der Waals surface area contributed by atoms with Crippen molar-refractivity contribution in [2.45, 2.75) is 38.0 Å². The molecule has 0 amide bonds. The van der Waals surface area contributed by atoms with Crippen molar-refractivity contribution in [1.29, 1.82) is 0 Å². The molecule has 24 heavy (non-hydrogen) atoms. The van der Waals surface area contributed by atoms with E-state index in [1.807, 2.05) is 0 Å². The van der Waals surface area contributed by atoms with Crippen molar-refractivity contribution in [3.8, 4) is 0 Å². The van der Waals surface area contributed by atoms with Crippen LogP contribution < -0.4 is 0 Å². The summed E-state index contributed by atoms with van der Waals surface area (Å²) < 4.78 is 2.83. The minimum atomic E-state index is -0.175. The standard InChI is InChI=1S/C21H29NP2/c1-4-23(5-2)22(3)24-20(18-12-8-6-9-13-18)16-17-21(24)19-14-10-7-11-15-19/h6-15,20-21H,4-5,16-17H2,1-3H3/t20-,21-/m1/s1. The molecule has 2 aromatic rings. The van der Waals surface area contributed by atoms with Crippen LogP contribution in [0, 0.1) is 0 Å². The molecule has 0 N–H and O–H groups in total. The van der Waals surface area contributed by atoms with Crippen LogP contribution in [0.15, 0.2) is 60.7 Å². The van der Waals surface area contributed by atoms with Crippen molar-refractivity contribution < 1.29 is 0 Å². The van der Waals surface area contributed by atoms with E-state index in [1.54, 1.807) is 11.1 Å². The van der Waals surface area contributed by atoms with Crippen molar-refractivity contribution in [2.75, 3.05) is 19.4 Å². The van der Waals surface area contributed by atoms with Gasteiger partial charge in [-0.1, -0.05) is 74.5 Å². The molecule has 1 nitrogen and oxygen atoms in total. The molecule has 0 spiro atoms. The molecule has 0 aromatic heterocycles. The van der Waals surface area contributed by atoms with Crippen molar-refractivity contribution >= 4 is 16.1 Å². The van der Waals surface area contributed by atoms with Gasteiger partial charge >= 0.3 is 0 Å². The molecule has 0 saturated carbocycles. The van der Waals surface area contributed by atoms with E-state index in [0.717, 1.165) is 11.3 Å². The second-order valence-corrected chi connectivity index (χ2v) is 12.2. The first-order valence-corrected chi connectivity index (χ1v) is 12.2. The van der Waals surface area contributed by atoms with Gasteiger partial charge in [-0.05, 0) is 59.5 Å².